The third-order valence-corrected chi connectivity index (χ3v) is 5.19. The Morgan fingerprint density at radius 3 is 2.96 bits per heavy atom. The lowest BCUT2D eigenvalue weighted by Gasteiger charge is -2.18. The van der Waals surface area contributed by atoms with Gasteiger partial charge in [-0.2, -0.15) is 10.2 Å². The van der Waals surface area contributed by atoms with Gasteiger partial charge in [-0.3, -0.25) is 9.78 Å². The van der Waals surface area contributed by atoms with Gasteiger partial charge >= 0.3 is 0 Å². The number of rotatable bonds is 6. The Bertz CT molecular complexity index is 924. The summed E-state index contributed by atoms with van der Waals surface area (Å²) in [6.07, 6.45) is 9.69. The first kappa shape index (κ1) is 17.7. The number of nitrogens with one attached hydrogen (secondary N) is 1. The third kappa shape index (κ3) is 3.59. The van der Waals surface area contributed by atoms with E-state index in [4.69, 9.17) is 4.98 Å². The van der Waals surface area contributed by atoms with Crippen LogP contribution in [0.15, 0.2) is 18.5 Å². The smallest absolute Gasteiger partial charge is 0.225 e. The van der Waals surface area contributed by atoms with Crippen molar-refractivity contribution in [1.29, 1.82) is 0 Å². The van der Waals surface area contributed by atoms with E-state index in [1.54, 1.807) is 0 Å². The first-order valence-corrected chi connectivity index (χ1v) is 9.79. The van der Waals surface area contributed by atoms with Crippen molar-refractivity contribution in [2.45, 2.75) is 59.0 Å². The van der Waals surface area contributed by atoms with E-state index in [9.17, 15) is 0 Å². The number of nitrogens with zero attached hydrogens (tertiary/aromatic N) is 6. The number of H-pyrrole nitrogens is 1. The molecule has 0 spiro atoms. The van der Waals surface area contributed by atoms with E-state index in [2.05, 4.69) is 38.3 Å². The van der Waals surface area contributed by atoms with Crippen molar-refractivity contribution in [1.82, 2.24) is 29.9 Å². The maximum atomic E-state index is 4.79. The average molecular weight is 365 g/mol. The minimum Gasteiger partial charge on any atom is -0.338 e. The molecule has 7 heteroatoms. The first-order chi connectivity index (χ1) is 13.2. The highest BCUT2D eigenvalue weighted by Crippen LogP contribution is 2.25. The molecule has 0 bridgehead atoms. The highest BCUT2D eigenvalue weighted by atomic mass is 15.3. The molecule has 0 atom stereocenters. The summed E-state index contributed by atoms with van der Waals surface area (Å²) in [4.78, 5) is 11.3. The average Bonchev–Trinajstić information content (AvgIpc) is 3.26. The first-order valence-electron chi connectivity index (χ1n) is 9.79. The Labute approximate surface area is 159 Å². The number of hydrogen-bond donors (Lipinski definition) is 1. The van der Waals surface area contributed by atoms with Gasteiger partial charge in [-0.05, 0) is 50.7 Å². The predicted octanol–water partition coefficient (Wildman–Crippen LogP) is 3.30. The third-order valence-electron chi connectivity index (χ3n) is 5.19. The van der Waals surface area contributed by atoms with Crippen LogP contribution in [0.1, 0.15) is 48.8 Å². The van der Waals surface area contributed by atoms with E-state index in [0.29, 0.717) is 12.5 Å². The molecule has 0 aliphatic heterocycles. The maximum Gasteiger partial charge on any atom is 0.225 e. The summed E-state index contributed by atoms with van der Waals surface area (Å²) in [7, 11) is 2.02. The second-order valence-electron chi connectivity index (χ2n) is 7.32. The van der Waals surface area contributed by atoms with E-state index < -0.39 is 0 Å². The molecule has 3 aromatic heterocycles. The van der Waals surface area contributed by atoms with Gasteiger partial charge in [-0.15, -0.1) is 0 Å². The molecule has 3 heterocycles. The largest absolute Gasteiger partial charge is 0.338 e. The fraction of sp³-hybridized carbons (Fsp3) is 0.500. The molecule has 0 amide bonds. The number of fused-ring (bicyclic) bond motifs is 1. The van der Waals surface area contributed by atoms with Crippen LogP contribution in [0.3, 0.4) is 0 Å². The number of aromatic amines is 1. The Balaban J connectivity index is 1.56. The lowest BCUT2D eigenvalue weighted by molar-refractivity contribution is 0.598. The van der Waals surface area contributed by atoms with Crippen LogP contribution < -0.4 is 4.90 Å². The van der Waals surface area contributed by atoms with Crippen molar-refractivity contribution < 1.29 is 0 Å². The predicted molar refractivity (Wildman–Crippen MR) is 106 cm³/mol. The molecule has 0 fully saturated rings. The van der Waals surface area contributed by atoms with Crippen LogP contribution >= 0.6 is 0 Å². The van der Waals surface area contributed by atoms with Gasteiger partial charge in [-0.1, -0.05) is 6.92 Å². The highest BCUT2D eigenvalue weighted by Gasteiger charge is 2.19. The molecule has 1 aliphatic rings. The zero-order valence-corrected chi connectivity index (χ0v) is 16.4. The van der Waals surface area contributed by atoms with Crippen molar-refractivity contribution in [2.24, 2.45) is 0 Å². The van der Waals surface area contributed by atoms with Crippen LogP contribution in [0.4, 0.5) is 5.95 Å². The Kier molecular flexibility index (Phi) is 4.92. The molecule has 1 aliphatic carbocycles. The minimum atomic E-state index is 0.711. The van der Waals surface area contributed by atoms with Gasteiger partial charge < -0.3 is 4.90 Å². The lowest BCUT2D eigenvalue weighted by atomic mass is 9.96. The second-order valence-corrected chi connectivity index (χ2v) is 7.32. The molecule has 0 saturated carbocycles. The molecule has 0 aromatic carbocycles. The van der Waals surface area contributed by atoms with Gasteiger partial charge in [0.1, 0.15) is 0 Å². The summed E-state index contributed by atoms with van der Waals surface area (Å²) in [6.45, 7) is 5.82. The monoisotopic (exact) mass is 365 g/mol. The van der Waals surface area contributed by atoms with Crippen LogP contribution in [-0.2, 0) is 25.9 Å². The molecule has 4 rings (SSSR count). The summed E-state index contributed by atoms with van der Waals surface area (Å²) in [5.74, 6) is 0.711. The van der Waals surface area contributed by atoms with Crippen LogP contribution in [0.25, 0.3) is 11.3 Å². The van der Waals surface area contributed by atoms with Crippen molar-refractivity contribution in [3.63, 3.8) is 0 Å². The summed E-state index contributed by atoms with van der Waals surface area (Å²) in [5.41, 5.74) is 6.79. The van der Waals surface area contributed by atoms with Crippen LogP contribution in [0, 0.1) is 6.92 Å². The fourth-order valence-corrected chi connectivity index (χ4v) is 3.77. The van der Waals surface area contributed by atoms with Crippen molar-refractivity contribution in [3.05, 3.63) is 41.1 Å². The van der Waals surface area contributed by atoms with E-state index in [-0.39, 0.29) is 0 Å². The van der Waals surface area contributed by atoms with E-state index >= 15 is 0 Å². The minimum absolute atomic E-state index is 0.711. The SMILES string of the molecule is CCCn1cc(-c2ccnc(N(C)Cc3n[nH]c4c3CCCC4)n2)c(C)n1. The standard InChI is InChI=1S/C20H27N7/c1-4-11-27-12-16(14(2)25-27)17-9-10-21-20(22-17)26(3)13-19-15-7-5-6-8-18(15)23-24-19/h9-10,12H,4-8,11,13H2,1-3H3,(H,23,24). The van der Waals surface area contributed by atoms with Crippen molar-refractivity contribution in [3.8, 4) is 11.3 Å². The fourth-order valence-electron chi connectivity index (χ4n) is 3.77. The Hall–Kier alpha value is -2.70. The van der Waals surface area contributed by atoms with Gasteiger partial charge in [-0.25, -0.2) is 9.97 Å². The normalized spacial score (nSPS) is 13.6. The zero-order valence-electron chi connectivity index (χ0n) is 16.4. The van der Waals surface area contributed by atoms with Gasteiger partial charge in [0.2, 0.25) is 5.95 Å². The summed E-state index contributed by atoms with van der Waals surface area (Å²) >= 11 is 0. The number of hydrogen-bond acceptors (Lipinski definition) is 5. The van der Waals surface area contributed by atoms with Crippen molar-refractivity contribution >= 4 is 5.95 Å². The van der Waals surface area contributed by atoms with Gasteiger partial charge in [0.15, 0.2) is 0 Å². The number of anilines is 1. The highest BCUT2D eigenvalue weighted by molar-refractivity contribution is 5.61. The molecule has 1 N–H and O–H groups in total. The molecule has 3 aromatic rings. The van der Waals surface area contributed by atoms with Crippen LogP contribution in [0.2, 0.25) is 0 Å². The van der Waals surface area contributed by atoms with E-state index in [0.717, 1.165) is 48.5 Å². The molecule has 142 valence electrons. The summed E-state index contributed by atoms with van der Waals surface area (Å²) in [5, 5.41) is 12.3. The lowest BCUT2D eigenvalue weighted by Crippen LogP contribution is -2.20. The number of aryl methyl sites for hydroxylation is 3. The molecule has 0 saturated heterocycles. The van der Waals surface area contributed by atoms with Gasteiger partial charge in [0, 0.05) is 37.2 Å². The van der Waals surface area contributed by atoms with Crippen LogP contribution in [0.5, 0.6) is 0 Å². The van der Waals surface area contributed by atoms with E-state index in [1.807, 2.05) is 30.9 Å². The summed E-state index contributed by atoms with van der Waals surface area (Å²) < 4.78 is 1.99. The molecule has 27 heavy (non-hydrogen) atoms. The molecule has 0 radical (unpaired) electrons. The van der Waals surface area contributed by atoms with Gasteiger partial charge in [0.25, 0.3) is 0 Å². The Morgan fingerprint density at radius 1 is 1.26 bits per heavy atom. The van der Waals surface area contributed by atoms with E-state index in [1.165, 1.54) is 24.1 Å². The van der Waals surface area contributed by atoms with Crippen LogP contribution in [-0.4, -0.2) is 37.0 Å². The molecular weight excluding hydrogens is 338 g/mol. The van der Waals surface area contributed by atoms with Crippen molar-refractivity contribution in [2.75, 3.05) is 11.9 Å². The maximum absolute atomic E-state index is 4.79. The zero-order chi connectivity index (χ0) is 18.8. The Morgan fingerprint density at radius 2 is 2.11 bits per heavy atom. The second kappa shape index (κ2) is 7.50. The van der Waals surface area contributed by atoms with Gasteiger partial charge in [0.05, 0.1) is 23.6 Å². The molecule has 7 nitrogen and oxygen atoms in total. The quantitative estimate of drug-likeness (QED) is 0.725. The molecule has 0 unspecified atom stereocenters. The molecular formula is C20H27N7. The summed E-state index contributed by atoms with van der Waals surface area (Å²) in [6, 6.07) is 1.95. The topological polar surface area (TPSA) is 75.5 Å². The number of aromatic nitrogens is 6.